The van der Waals surface area contributed by atoms with E-state index >= 15 is 0 Å². The first kappa shape index (κ1) is 14.0. The van der Waals surface area contributed by atoms with E-state index in [1.165, 1.54) is 12.3 Å². The molecule has 98 valence electrons. The second-order valence-electron chi connectivity index (χ2n) is 4.82. The van der Waals surface area contributed by atoms with Crippen LogP contribution in [0.5, 0.6) is 0 Å². The zero-order valence-corrected chi connectivity index (χ0v) is 10.8. The number of anilines is 1. The normalized spacial score (nSPS) is 10.9. The molecule has 0 aliphatic rings. The molecule has 0 aliphatic heterocycles. The fourth-order valence-corrected chi connectivity index (χ4v) is 1.29. The number of nitrogens with one attached hydrogen (secondary N) is 1. The number of aromatic carboxylic acids is 1. The van der Waals surface area contributed by atoms with Crippen molar-refractivity contribution in [3.63, 3.8) is 0 Å². The van der Waals surface area contributed by atoms with Crippen LogP contribution in [0.15, 0.2) is 12.3 Å². The Balaban J connectivity index is 2.78. The summed E-state index contributed by atoms with van der Waals surface area (Å²) in [6, 6.07) is 1.53. The number of aromatic nitrogens is 1. The Hall–Kier alpha value is -2.11. The number of nitrogens with zero attached hydrogens (tertiary/aromatic N) is 1. The summed E-state index contributed by atoms with van der Waals surface area (Å²) in [5, 5.41) is 11.3. The lowest BCUT2D eigenvalue weighted by Gasteiger charge is -2.19. The third kappa shape index (κ3) is 4.04. The van der Waals surface area contributed by atoms with Gasteiger partial charge in [-0.1, -0.05) is 0 Å². The average molecular weight is 252 g/mol. The molecule has 6 heteroatoms. The predicted octanol–water partition coefficient (Wildman–Crippen LogP) is 2.44. The number of carboxylic acids is 1. The van der Waals surface area contributed by atoms with Crippen LogP contribution in [0.2, 0.25) is 0 Å². The van der Waals surface area contributed by atoms with Gasteiger partial charge in [-0.3, -0.25) is 5.32 Å². The zero-order chi connectivity index (χ0) is 13.9. The summed E-state index contributed by atoms with van der Waals surface area (Å²) in [5.74, 6) is -1.10. The number of carbonyl (C=O) groups is 2. The zero-order valence-electron chi connectivity index (χ0n) is 10.8. The molecule has 1 aromatic rings. The van der Waals surface area contributed by atoms with E-state index in [0.29, 0.717) is 11.3 Å². The van der Waals surface area contributed by atoms with E-state index in [9.17, 15) is 9.59 Å². The summed E-state index contributed by atoms with van der Waals surface area (Å²) in [6.07, 6.45) is 0.673. The Labute approximate surface area is 105 Å². The Bertz CT molecular complexity index is 477. The number of aryl methyl sites for hydroxylation is 1. The lowest BCUT2D eigenvalue weighted by atomic mass is 10.2. The molecular formula is C12H16N2O4. The van der Waals surface area contributed by atoms with Crippen LogP contribution < -0.4 is 5.32 Å². The molecule has 0 atom stereocenters. The lowest BCUT2D eigenvalue weighted by Crippen LogP contribution is -2.27. The first-order chi connectivity index (χ1) is 8.19. The molecule has 2 N–H and O–H groups in total. The van der Waals surface area contributed by atoms with Gasteiger partial charge in [0.2, 0.25) is 0 Å². The summed E-state index contributed by atoms with van der Waals surface area (Å²) in [6.45, 7) is 6.87. The molecule has 1 aromatic heterocycles. The van der Waals surface area contributed by atoms with Gasteiger partial charge in [-0.25, -0.2) is 14.6 Å². The smallest absolute Gasteiger partial charge is 0.412 e. The van der Waals surface area contributed by atoms with E-state index in [4.69, 9.17) is 9.84 Å². The number of rotatable bonds is 2. The minimum Gasteiger partial charge on any atom is -0.477 e. The van der Waals surface area contributed by atoms with E-state index in [2.05, 4.69) is 10.3 Å². The van der Waals surface area contributed by atoms with Gasteiger partial charge in [0.25, 0.3) is 0 Å². The molecule has 0 radical (unpaired) electrons. The highest BCUT2D eigenvalue weighted by Crippen LogP contribution is 2.14. The molecule has 0 spiro atoms. The third-order valence-corrected chi connectivity index (χ3v) is 1.93. The molecule has 0 unspecified atom stereocenters. The topological polar surface area (TPSA) is 88.5 Å². The maximum Gasteiger partial charge on any atom is 0.412 e. The number of amides is 1. The lowest BCUT2D eigenvalue weighted by molar-refractivity contribution is 0.0634. The van der Waals surface area contributed by atoms with Crippen molar-refractivity contribution in [1.29, 1.82) is 0 Å². The highest BCUT2D eigenvalue weighted by atomic mass is 16.6. The standard InChI is InChI=1S/C12H16N2O4/c1-7-5-8(6-13-9(7)10(15)16)14-11(17)18-12(2,3)4/h5-6H,1-4H3,(H,14,17)(H,15,16). The van der Waals surface area contributed by atoms with Gasteiger partial charge >= 0.3 is 12.1 Å². The summed E-state index contributed by atoms with van der Waals surface area (Å²) in [5.41, 5.74) is 0.237. The van der Waals surface area contributed by atoms with Crippen molar-refractivity contribution in [3.05, 3.63) is 23.5 Å². The molecule has 0 aliphatic carbocycles. The second kappa shape index (κ2) is 5.03. The first-order valence-corrected chi connectivity index (χ1v) is 5.39. The minimum atomic E-state index is -1.10. The van der Waals surface area contributed by atoms with Gasteiger partial charge in [0.05, 0.1) is 11.9 Å². The van der Waals surface area contributed by atoms with Gasteiger partial charge in [0.15, 0.2) is 5.69 Å². The first-order valence-electron chi connectivity index (χ1n) is 5.39. The highest BCUT2D eigenvalue weighted by molar-refractivity contribution is 5.89. The summed E-state index contributed by atoms with van der Waals surface area (Å²) in [4.78, 5) is 26.0. The number of pyridine rings is 1. The van der Waals surface area contributed by atoms with Crippen molar-refractivity contribution in [1.82, 2.24) is 4.98 Å². The van der Waals surface area contributed by atoms with Crippen LogP contribution in [0.4, 0.5) is 10.5 Å². The number of carboxylic acid groups (broad SMARTS) is 1. The van der Waals surface area contributed by atoms with Crippen LogP contribution in [-0.4, -0.2) is 27.8 Å². The van der Waals surface area contributed by atoms with Crippen molar-refractivity contribution >= 4 is 17.7 Å². The SMILES string of the molecule is Cc1cc(NC(=O)OC(C)(C)C)cnc1C(=O)O. The maximum absolute atomic E-state index is 11.5. The van der Waals surface area contributed by atoms with Gasteiger partial charge < -0.3 is 9.84 Å². The average Bonchev–Trinajstić information content (AvgIpc) is 2.13. The van der Waals surface area contributed by atoms with Crippen molar-refractivity contribution in [3.8, 4) is 0 Å². The minimum absolute atomic E-state index is 0.0373. The Morgan fingerprint density at radius 1 is 1.39 bits per heavy atom. The van der Waals surface area contributed by atoms with Crippen LogP contribution >= 0.6 is 0 Å². The van der Waals surface area contributed by atoms with Gasteiger partial charge in [-0.05, 0) is 39.3 Å². The Kier molecular flexibility index (Phi) is 3.90. The molecule has 1 amide bonds. The van der Waals surface area contributed by atoms with E-state index in [1.807, 2.05) is 0 Å². The van der Waals surface area contributed by atoms with E-state index in [-0.39, 0.29) is 5.69 Å². The van der Waals surface area contributed by atoms with Crippen LogP contribution in [-0.2, 0) is 4.74 Å². The van der Waals surface area contributed by atoms with Crippen LogP contribution in [0.25, 0.3) is 0 Å². The summed E-state index contributed by atoms with van der Waals surface area (Å²) in [7, 11) is 0. The molecule has 0 fully saturated rings. The number of hydrogen-bond donors (Lipinski definition) is 2. The molecular weight excluding hydrogens is 236 g/mol. The van der Waals surface area contributed by atoms with Gasteiger partial charge in [0, 0.05) is 0 Å². The fraction of sp³-hybridized carbons (Fsp3) is 0.417. The van der Waals surface area contributed by atoms with Gasteiger partial charge in [-0.2, -0.15) is 0 Å². The van der Waals surface area contributed by atoms with Crippen LogP contribution in [0, 0.1) is 6.92 Å². The fourth-order valence-electron chi connectivity index (χ4n) is 1.29. The molecule has 1 rings (SSSR count). The van der Waals surface area contributed by atoms with Crippen molar-refractivity contribution in [2.45, 2.75) is 33.3 Å². The van der Waals surface area contributed by atoms with Gasteiger partial charge in [0.1, 0.15) is 5.60 Å². The monoisotopic (exact) mass is 252 g/mol. The predicted molar refractivity (Wildman–Crippen MR) is 65.8 cm³/mol. The quantitative estimate of drug-likeness (QED) is 0.843. The molecule has 0 aromatic carbocycles. The second-order valence-corrected chi connectivity index (χ2v) is 4.82. The van der Waals surface area contributed by atoms with Gasteiger partial charge in [-0.15, -0.1) is 0 Å². The summed E-state index contributed by atoms with van der Waals surface area (Å²) >= 11 is 0. The molecule has 1 heterocycles. The third-order valence-electron chi connectivity index (χ3n) is 1.93. The van der Waals surface area contributed by atoms with Crippen molar-refractivity contribution in [2.75, 3.05) is 5.32 Å². The highest BCUT2D eigenvalue weighted by Gasteiger charge is 2.17. The number of carbonyl (C=O) groups excluding carboxylic acids is 1. The Morgan fingerprint density at radius 2 is 2.00 bits per heavy atom. The molecule has 0 saturated carbocycles. The maximum atomic E-state index is 11.5. The summed E-state index contributed by atoms with van der Waals surface area (Å²) < 4.78 is 5.07. The Morgan fingerprint density at radius 3 is 2.44 bits per heavy atom. The van der Waals surface area contributed by atoms with E-state index < -0.39 is 17.7 Å². The molecule has 0 saturated heterocycles. The molecule has 6 nitrogen and oxygen atoms in total. The van der Waals surface area contributed by atoms with Crippen molar-refractivity contribution in [2.24, 2.45) is 0 Å². The van der Waals surface area contributed by atoms with E-state index in [0.717, 1.165) is 0 Å². The van der Waals surface area contributed by atoms with Crippen LogP contribution in [0.1, 0.15) is 36.8 Å². The largest absolute Gasteiger partial charge is 0.477 e. The molecule has 18 heavy (non-hydrogen) atoms. The number of ether oxygens (including phenoxy) is 1. The van der Waals surface area contributed by atoms with Crippen molar-refractivity contribution < 1.29 is 19.4 Å². The van der Waals surface area contributed by atoms with Crippen LogP contribution in [0.3, 0.4) is 0 Å². The molecule has 0 bridgehead atoms. The van der Waals surface area contributed by atoms with E-state index in [1.54, 1.807) is 27.7 Å². The number of hydrogen-bond acceptors (Lipinski definition) is 4.